The Labute approximate surface area is 139 Å². The summed E-state index contributed by atoms with van der Waals surface area (Å²) >= 11 is 0. The first kappa shape index (κ1) is 15.4. The second-order valence-corrected chi connectivity index (χ2v) is 6.73. The van der Waals surface area contributed by atoms with E-state index in [0.717, 1.165) is 25.7 Å². The zero-order chi connectivity index (χ0) is 17.1. The summed E-state index contributed by atoms with van der Waals surface area (Å²) in [6.45, 7) is 1.55. The molecule has 0 saturated heterocycles. The van der Waals surface area contributed by atoms with Gasteiger partial charge in [-0.2, -0.15) is 0 Å². The van der Waals surface area contributed by atoms with Crippen LogP contribution in [-0.2, 0) is 15.3 Å². The van der Waals surface area contributed by atoms with Crippen molar-refractivity contribution in [2.75, 3.05) is 0 Å². The lowest BCUT2D eigenvalue weighted by molar-refractivity contribution is -0.151. The monoisotopic (exact) mass is 329 g/mol. The van der Waals surface area contributed by atoms with Crippen LogP contribution in [0.5, 0.6) is 0 Å². The highest BCUT2D eigenvalue weighted by molar-refractivity contribution is 6.16. The number of hydrogen-bond donors (Lipinski definition) is 3. The summed E-state index contributed by atoms with van der Waals surface area (Å²) in [5, 5.41) is 24.9. The van der Waals surface area contributed by atoms with E-state index in [0.29, 0.717) is 0 Å². The van der Waals surface area contributed by atoms with Crippen LogP contribution in [-0.4, -0.2) is 33.7 Å². The Kier molecular flexibility index (Phi) is 3.14. The first-order valence-corrected chi connectivity index (χ1v) is 8.19. The van der Waals surface area contributed by atoms with Gasteiger partial charge in [-0.3, -0.25) is 4.79 Å². The van der Waals surface area contributed by atoms with Crippen molar-refractivity contribution in [3.8, 4) is 0 Å². The van der Waals surface area contributed by atoms with Crippen LogP contribution in [0.1, 0.15) is 48.5 Å². The molecule has 0 bridgehead atoms. The molecule has 1 aromatic carbocycles. The van der Waals surface area contributed by atoms with Crippen LogP contribution < -0.4 is 5.32 Å². The van der Waals surface area contributed by atoms with E-state index in [1.807, 2.05) is 0 Å². The minimum atomic E-state index is -2.36. The molecule has 1 saturated carbocycles. The minimum Gasteiger partial charge on any atom is -0.459 e. The van der Waals surface area contributed by atoms with Crippen LogP contribution in [0.4, 0.5) is 0 Å². The molecule has 1 aromatic rings. The maximum absolute atomic E-state index is 12.8. The quantitative estimate of drug-likeness (QED) is 0.704. The van der Waals surface area contributed by atoms with Crippen molar-refractivity contribution in [3.63, 3.8) is 0 Å². The van der Waals surface area contributed by atoms with E-state index < -0.39 is 23.1 Å². The molecular weight excluding hydrogens is 310 g/mol. The summed E-state index contributed by atoms with van der Waals surface area (Å²) in [7, 11) is 0. The number of ketones is 1. The van der Waals surface area contributed by atoms with Gasteiger partial charge in [0.25, 0.3) is 0 Å². The molecule has 4 rings (SSSR count). The van der Waals surface area contributed by atoms with Crippen LogP contribution in [0.15, 0.2) is 35.5 Å². The molecule has 3 N–H and O–H groups in total. The van der Waals surface area contributed by atoms with E-state index in [9.17, 15) is 19.8 Å². The van der Waals surface area contributed by atoms with Crippen LogP contribution in [0.2, 0.25) is 0 Å². The van der Waals surface area contributed by atoms with Gasteiger partial charge in [-0.25, -0.2) is 4.79 Å². The number of nitrogens with one attached hydrogen (secondary N) is 1. The molecule has 0 spiro atoms. The molecule has 2 atom stereocenters. The van der Waals surface area contributed by atoms with E-state index in [2.05, 4.69) is 5.32 Å². The van der Waals surface area contributed by atoms with E-state index in [4.69, 9.17) is 4.74 Å². The topological polar surface area (TPSA) is 95.9 Å². The Morgan fingerprint density at radius 1 is 1.25 bits per heavy atom. The highest BCUT2D eigenvalue weighted by Crippen LogP contribution is 2.51. The van der Waals surface area contributed by atoms with E-state index >= 15 is 0 Å². The van der Waals surface area contributed by atoms with Gasteiger partial charge in [0.05, 0.1) is 0 Å². The third-order valence-electron chi connectivity index (χ3n) is 5.30. The highest BCUT2D eigenvalue weighted by atomic mass is 16.5. The lowest BCUT2D eigenvalue weighted by Crippen LogP contribution is -2.56. The van der Waals surface area contributed by atoms with Crippen LogP contribution >= 0.6 is 0 Å². The summed E-state index contributed by atoms with van der Waals surface area (Å²) in [5.41, 5.74) is -3.89. The number of Topliss-reactive ketones (excluding diaryl/α,β-unsaturated/α-hetero) is 1. The van der Waals surface area contributed by atoms with Gasteiger partial charge in [-0.05, 0) is 32.6 Å². The molecule has 24 heavy (non-hydrogen) atoms. The number of carbonyl (C=O) groups excluding carboxylic acids is 2. The number of allylic oxidation sites excluding steroid dienone is 1. The Balaban J connectivity index is 1.76. The minimum absolute atomic E-state index is 0.196. The fraction of sp³-hybridized carbons (Fsp3) is 0.444. The largest absolute Gasteiger partial charge is 0.459 e. The first-order chi connectivity index (χ1) is 11.4. The maximum Gasteiger partial charge on any atom is 0.339 e. The molecule has 6 heteroatoms. The number of aliphatic hydroxyl groups is 2. The number of hydrogen-bond acceptors (Lipinski definition) is 6. The molecule has 1 aliphatic heterocycles. The van der Waals surface area contributed by atoms with Gasteiger partial charge >= 0.3 is 5.97 Å². The number of esters is 1. The summed E-state index contributed by atoms with van der Waals surface area (Å²) in [6.07, 6.45) is 3.35. The molecule has 0 aromatic heterocycles. The zero-order valence-electron chi connectivity index (χ0n) is 13.3. The SMILES string of the molecule is CC1=C(C(=O)OC2CCCC2)[C@]2(O)C(=O)c3ccccc3[C@@]2(O)N1. The van der Waals surface area contributed by atoms with Gasteiger partial charge in [-0.15, -0.1) is 0 Å². The van der Waals surface area contributed by atoms with Crippen molar-refractivity contribution in [3.05, 3.63) is 46.7 Å². The Morgan fingerprint density at radius 3 is 2.62 bits per heavy atom. The Hall–Kier alpha value is -2.18. The summed E-state index contributed by atoms with van der Waals surface area (Å²) in [5.74, 6) is -1.44. The summed E-state index contributed by atoms with van der Waals surface area (Å²) in [6, 6.07) is 6.42. The van der Waals surface area contributed by atoms with Gasteiger partial charge < -0.3 is 20.3 Å². The lowest BCUT2D eigenvalue weighted by atomic mass is 9.85. The molecule has 2 aliphatic carbocycles. The smallest absolute Gasteiger partial charge is 0.339 e. The van der Waals surface area contributed by atoms with Crippen LogP contribution in [0.25, 0.3) is 0 Å². The third-order valence-corrected chi connectivity index (χ3v) is 5.30. The highest BCUT2D eigenvalue weighted by Gasteiger charge is 2.70. The number of carbonyl (C=O) groups is 2. The Bertz CT molecular complexity index is 779. The molecule has 0 radical (unpaired) electrons. The van der Waals surface area contributed by atoms with Crippen molar-refractivity contribution in [1.82, 2.24) is 5.32 Å². The Morgan fingerprint density at radius 2 is 1.92 bits per heavy atom. The predicted molar refractivity (Wildman–Crippen MR) is 83.8 cm³/mol. The average molecular weight is 329 g/mol. The van der Waals surface area contributed by atoms with Crippen molar-refractivity contribution in [2.24, 2.45) is 0 Å². The first-order valence-electron chi connectivity index (χ1n) is 8.19. The van der Waals surface area contributed by atoms with Gasteiger partial charge in [0, 0.05) is 16.8 Å². The van der Waals surface area contributed by atoms with Gasteiger partial charge in [0.1, 0.15) is 11.7 Å². The molecule has 3 aliphatic rings. The predicted octanol–water partition coefficient (Wildman–Crippen LogP) is 1.12. The standard InChI is InChI=1S/C18H19NO5/c1-10-14(16(21)24-11-6-2-3-7-11)17(22)15(20)12-8-4-5-9-13(12)18(17,23)19-10/h4-5,8-9,11,19,22-23H,2-3,6-7H2,1H3/t17-,18-/m0/s1. The fourth-order valence-corrected chi connectivity index (χ4v) is 4.13. The summed E-state index contributed by atoms with van der Waals surface area (Å²) < 4.78 is 5.47. The maximum atomic E-state index is 12.8. The molecule has 6 nitrogen and oxygen atoms in total. The third kappa shape index (κ3) is 1.72. The zero-order valence-corrected chi connectivity index (χ0v) is 13.3. The second kappa shape index (κ2) is 4.91. The number of fused-ring (bicyclic) bond motifs is 3. The molecule has 0 amide bonds. The van der Waals surface area contributed by atoms with Crippen LogP contribution in [0.3, 0.4) is 0 Å². The molecule has 0 unspecified atom stereocenters. The molecular formula is C18H19NO5. The van der Waals surface area contributed by atoms with Crippen molar-refractivity contribution in [2.45, 2.75) is 50.0 Å². The number of rotatable bonds is 2. The molecule has 1 heterocycles. The molecule has 1 fully saturated rings. The molecule has 126 valence electrons. The number of ether oxygens (including phenoxy) is 1. The van der Waals surface area contributed by atoms with Crippen molar-refractivity contribution < 1.29 is 24.5 Å². The second-order valence-electron chi connectivity index (χ2n) is 6.73. The van der Waals surface area contributed by atoms with E-state index in [1.165, 1.54) is 6.07 Å². The van der Waals surface area contributed by atoms with Gasteiger partial charge in [0.15, 0.2) is 0 Å². The van der Waals surface area contributed by atoms with E-state index in [-0.39, 0.29) is 28.5 Å². The van der Waals surface area contributed by atoms with Crippen LogP contribution in [0, 0.1) is 0 Å². The average Bonchev–Trinajstić information content (AvgIpc) is 3.16. The van der Waals surface area contributed by atoms with Crippen molar-refractivity contribution in [1.29, 1.82) is 0 Å². The van der Waals surface area contributed by atoms with Gasteiger partial charge in [-0.1, -0.05) is 24.3 Å². The normalized spacial score (nSPS) is 31.9. The van der Waals surface area contributed by atoms with E-state index in [1.54, 1.807) is 25.1 Å². The summed E-state index contributed by atoms with van der Waals surface area (Å²) in [4.78, 5) is 25.5. The van der Waals surface area contributed by atoms with Gasteiger partial charge in [0.2, 0.25) is 17.1 Å². The fourth-order valence-electron chi connectivity index (χ4n) is 4.13. The van der Waals surface area contributed by atoms with Crippen molar-refractivity contribution >= 4 is 11.8 Å². The lowest BCUT2D eigenvalue weighted by Gasteiger charge is -2.32. The number of benzene rings is 1.